The Kier molecular flexibility index (Phi) is 6.41. The highest BCUT2D eigenvalue weighted by Crippen LogP contribution is 2.24. The van der Waals surface area contributed by atoms with Crippen LogP contribution in [-0.4, -0.2) is 28.0 Å². The van der Waals surface area contributed by atoms with E-state index in [4.69, 9.17) is 4.74 Å². The zero-order chi connectivity index (χ0) is 19.1. The third kappa shape index (κ3) is 5.29. The van der Waals surface area contributed by atoms with Crippen LogP contribution >= 0.6 is 0 Å². The SMILES string of the molecule is O=C(N[C@H]1CCCCC[C@H]1C(=O)O)c1cccc(OCc2cccnc2)c1. The van der Waals surface area contributed by atoms with Crippen molar-refractivity contribution < 1.29 is 19.4 Å². The number of carbonyl (C=O) groups is 2. The molecule has 1 amide bonds. The molecule has 1 fully saturated rings. The number of carboxylic acid groups (broad SMARTS) is 1. The van der Waals surface area contributed by atoms with Gasteiger partial charge in [0, 0.05) is 29.6 Å². The smallest absolute Gasteiger partial charge is 0.308 e. The van der Waals surface area contributed by atoms with Crippen LogP contribution in [0.15, 0.2) is 48.8 Å². The van der Waals surface area contributed by atoms with Crippen molar-refractivity contribution in [1.29, 1.82) is 0 Å². The van der Waals surface area contributed by atoms with E-state index in [0.29, 0.717) is 30.8 Å². The largest absolute Gasteiger partial charge is 0.489 e. The summed E-state index contributed by atoms with van der Waals surface area (Å²) in [6.45, 7) is 0.364. The Hall–Kier alpha value is -2.89. The lowest BCUT2D eigenvalue weighted by molar-refractivity contribution is -0.142. The molecular weight excluding hydrogens is 344 g/mol. The predicted octanol–water partition coefficient (Wildman–Crippen LogP) is 3.42. The summed E-state index contributed by atoms with van der Waals surface area (Å²) in [5, 5.41) is 12.4. The fourth-order valence-corrected chi connectivity index (χ4v) is 3.41. The summed E-state index contributed by atoms with van der Waals surface area (Å²) >= 11 is 0. The molecule has 0 bridgehead atoms. The van der Waals surface area contributed by atoms with Crippen molar-refractivity contribution in [3.8, 4) is 5.75 Å². The van der Waals surface area contributed by atoms with E-state index in [9.17, 15) is 14.7 Å². The standard InChI is InChI=1S/C21H24N2O4/c24-20(23-19-10-3-1-2-9-18(19)21(25)26)16-7-4-8-17(12-16)27-14-15-6-5-11-22-13-15/h4-8,11-13,18-19H,1-3,9-10,14H2,(H,23,24)(H,25,26)/t18-,19+/m1/s1. The lowest BCUT2D eigenvalue weighted by atomic mass is 9.94. The van der Waals surface area contributed by atoms with E-state index < -0.39 is 11.9 Å². The van der Waals surface area contributed by atoms with Gasteiger partial charge in [-0.3, -0.25) is 14.6 Å². The van der Waals surface area contributed by atoms with Gasteiger partial charge in [-0.05, 0) is 37.1 Å². The van der Waals surface area contributed by atoms with E-state index >= 15 is 0 Å². The number of rotatable bonds is 6. The molecule has 1 aliphatic carbocycles. The lowest BCUT2D eigenvalue weighted by Gasteiger charge is -2.23. The molecule has 6 heteroatoms. The Labute approximate surface area is 158 Å². The van der Waals surface area contributed by atoms with Crippen LogP contribution in [0.4, 0.5) is 0 Å². The zero-order valence-electron chi connectivity index (χ0n) is 15.1. The number of nitrogens with zero attached hydrogens (tertiary/aromatic N) is 1. The number of aromatic nitrogens is 1. The van der Waals surface area contributed by atoms with Crippen molar-refractivity contribution in [3.63, 3.8) is 0 Å². The number of hydrogen-bond acceptors (Lipinski definition) is 4. The van der Waals surface area contributed by atoms with Crippen LogP contribution in [0.1, 0.15) is 48.0 Å². The van der Waals surface area contributed by atoms with Crippen LogP contribution in [0.25, 0.3) is 0 Å². The van der Waals surface area contributed by atoms with E-state index in [1.165, 1.54) is 0 Å². The number of ether oxygens (including phenoxy) is 1. The molecule has 1 aromatic heterocycles. The van der Waals surface area contributed by atoms with Gasteiger partial charge in [-0.15, -0.1) is 0 Å². The van der Waals surface area contributed by atoms with Gasteiger partial charge in [0.2, 0.25) is 0 Å². The first kappa shape index (κ1) is 18.9. The minimum Gasteiger partial charge on any atom is -0.489 e. The maximum Gasteiger partial charge on any atom is 0.308 e. The number of nitrogens with one attached hydrogen (secondary N) is 1. The molecule has 1 heterocycles. The van der Waals surface area contributed by atoms with Crippen LogP contribution in [0.2, 0.25) is 0 Å². The first-order valence-corrected chi connectivity index (χ1v) is 9.29. The van der Waals surface area contributed by atoms with Gasteiger partial charge in [0.25, 0.3) is 5.91 Å². The van der Waals surface area contributed by atoms with Gasteiger partial charge in [0.1, 0.15) is 12.4 Å². The van der Waals surface area contributed by atoms with Gasteiger partial charge < -0.3 is 15.2 Å². The molecule has 27 heavy (non-hydrogen) atoms. The van der Waals surface area contributed by atoms with E-state index in [1.807, 2.05) is 12.1 Å². The fraction of sp³-hybridized carbons (Fsp3) is 0.381. The first-order chi connectivity index (χ1) is 13.1. The van der Waals surface area contributed by atoms with Crippen molar-refractivity contribution in [3.05, 3.63) is 59.9 Å². The predicted molar refractivity (Wildman–Crippen MR) is 100 cm³/mol. The summed E-state index contributed by atoms with van der Waals surface area (Å²) in [4.78, 5) is 28.2. The number of aliphatic carboxylic acids is 1. The second-order valence-corrected chi connectivity index (χ2v) is 6.84. The van der Waals surface area contributed by atoms with Crippen LogP contribution in [0.5, 0.6) is 5.75 Å². The molecule has 3 rings (SSSR count). The number of carboxylic acids is 1. The quantitative estimate of drug-likeness (QED) is 0.763. The van der Waals surface area contributed by atoms with Gasteiger partial charge in [-0.25, -0.2) is 0 Å². The van der Waals surface area contributed by atoms with E-state index in [2.05, 4.69) is 10.3 Å². The summed E-state index contributed by atoms with van der Waals surface area (Å²) in [7, 11) is 0. The number of benzene rings is 1. The van der Waals surface area contributed by atoms with Gasteiger partial charge in [-0.1, -0.05) is 31.4 Å². The second-order valence-electron chi connectivity index (χ2n) is 6.84. The van der Waals surface area contributed by atoms with Crippen LogP contribution in [0, 0.1) is 5.92 Å². The average molecular weight is 368 g/mol. The molecule has 0 aliphatic heterocycles. The summed E-state index contributed by atoms with van der Waals surface area (Å²) in [5.74, 6) is -1.04. The fourth-order valence-electron chi connectivity index (χ4n) is 3.41. The number of hydrogen-bond donors (Lipinski definition) is 2. The molecule has 0 saturated heterocycles. The molecular formula is C21H24N2O4. The summed E-state index contributed by atoms with van der Waals surface area (Å²) < 4.78 is 5.74. The van der Waals surface area contributed by atoms with E-state index in [0.717, 1.165) is 24.8 Å². The van der Waals surface area contributed by atoms with Crippen molar-refractivity contribution in [2.45, 2.75) is 44.8 Å². The monoisotopic (exact) mass is 368 g/mol. The van der Waals surface area contributed by atoms with E-state index in [1.54, 1.807) is 36.7 Å². The topological polar surface area (TPSA) is 88.5 Å². The molecule has 2 N–H and O–H groups in total. The van der Waals surface area contributed by atoms with Gasteiger partial charge >= 0.3 is 5.97 Å². The average Bonchev–Trinajstić information content (AvgIpc) is 2.93. The van der Waals surface area contributed by atoms with Crippen molar-refractivity contribution in [1.82, 2.24) is 10.3 Å². The molecule has 2 aromatic rings. The molecule has 1 aromatic carbocycles. The normalized spacial score (nSPS) is 19.7. The Bertz CT molecular complexity index is 779. The minimum absolute atomic E-state index is 0.264. The lowest BCUT2D eigenvalue weighted by Crippen LogP contribution is -2.42. The molecule has 1 saturated carbocycles. The molecule has 0 spiro atoms. The number of amides is 1. The maximum absolute atomic E-state index is 12.7. The first-order valence-electron chi connectivity index (χ1n) is 9.29. The van der Waals surface area contributed by atoms with Gasteiger partial charge in [-0.2, -0.15) is 0 Å². The highest BCUT2D eigenvalue weighted by Gasteiger charge is 2.30. The van der Waals surface area contributed by atoms with Crippen molar-refractivity contribution in [2.24, 2.45) is 5.92 Å². The molecule has 1 aliphatic rings. The summed E-state index contributed by atoms with van der Waals surface area (Å²) in [6.07, 6.45) is 7.56. The highest BCUT2D eigenvalue weighted by molar-refractivity contribution is 5.95. The van der Waals surface area contributed by atoms with Crippen molar-refractivity contribution in [2.75, 3.05) is 0 Å². The molecule has 142 valence electrons. The Balaban J connectivity index is 1.64. The third-order valence-electron chi connectivity index (χ3n) is 4.87. The van der Waals surface area contributed by atoms with Gasteiger partial charge in [0.05, 0.1) is 5.92 Å². The second kappa shape index (κ2) is 9.16. The molecule has 2 atom stereocenters. The van der Waals surface area contributed by atoms with Crippen molar-refractivity contribution >= 4 is 11.9 Å². The number of pyridine rings is 1. The molecule has 0 unspecified atom stereocenters. The van der Waals surface area contributed by atoms with Crippen LogP contribution in [0.3, 0.4) is 0 Å². The van der Waals surface area contributed by atoms with Crippen LogP contribution < -0.4 is 10.1 Å². The summed E-state index contributed by atoms with van der Waals surface area (Å²) in [5.41, 5.74) is 1.40. The Morgan fingerprint density at radius 3 is 2.78 bits per heavy atom. The minimum atomic E-state index is -0.837. The maximum atomic E-state index is 12.7. The number of carbonyl (C=O) groups excluding carboxylic acids is 1. The summed E-state index contributed by atoms with van der Waals surface area (Å²) in [6, 6.07) is 10.4. The molecule has 0 radical (unpaired) electrons. The van der Waals surface area contributed by atoms with E-state index in [-0.39, 0.29) is 11.9 Å². The molecule has 6 nitrogen and oxygen atoms in total. The Morgan fingerprint density at radius 2 is 2.00 bits per heavy atom. The zero-order valence-corrected chi connectivity index (χ0v) is 15.1. The third-order valence-corrected chi connectivity index (χ3v) is 4.87. The highest BCUT2D eigenvalue weighted by atomic mass is 16.5. The van der Waals surface area contributed by atoms with Crippen LogP contribution in [-0.2, 0) is 11.4 Å². The Morgan fingerprint density at radius 1 is 1.15 bits per heavy atom. The van der Waals surface area contributed by atoms with Gasteiger partial charge in [0.15, 0.2) is 0 Å².